The summed E-state index contributed by atoms with van der Waals surface area (Å²) in [7, 11) is -4.56. The molecular formula is C47H57F2N7O6S. The van der Waals surface area contributed by atoms with Crippen molar-refractivity contribution in [2.24, 2.45) is 17.3 Å². The average Bonchev–Trinajstić information content (AvgIpc) is 3.73. The van der Waals surface area contributed by atoms with Crippen molar-refractivity contribution in [3.05, 3.63) is 99.9 Å². The summed E-state index contributed by atoms with van der Waals surface area (Å²) in [5.41, 5.74) is 4.25. The molecule has 1 aliphatic heterocycles. The van der Waals surface area contributed by atoms with E-state index in [-0.39, 0.29) is 22.6 Å². The van der Waals surface area contributed by atoms with Crippen LogP contribution in [-0.2, 0) is 10.0 Å². The van der Waals surface area contributed by atoms with Gasteiger partial charge in [-0.15, -0.1) is 0 Å². The van der Waals surface area contributed by atoms with Gasteiger partial charge in [-0.1, -0.05) is 43.9 Å². The largest absolute Gasteiger partial charge is 0.455 e. The van der Waals surface area contributed by atoms with Crippen LogP contribution in [0.25, 0.3) is 11.0 Å². The summed E-state index contributed by atoms with van der Waals surface area (Å²) in [4.78, 5) is 37.1. The summed E-state index contributed by atoms with van der Waals surface area (Å²) in [5.74, 6) is 0.507. The number of piperazine rings is 1. The lowest BCUT2D eigenvalue weighted by atomic mass is 9.59. The van der Waals surface area contributed by atoms with Crippen molar-refractivity contribution in [1.29, 1.82) is 0 Å². The van der Waals surface area contributed by atoms with Gasteiger partial charge in [-0.3, -0.25) is 19.8 Å². The number of aromatic nitrogens is 2. The third-order valence-electron chi connectivity index (χ3n) is 13.9. The predicted molar refractivity (Wildman–Crippen MR) is 240 cm³/mol. The number of sulfonamides is 1. The van der Waals surface area contributed by atoms with Gasteiger partial charge in [0.25, 0.3) is 28.0 Å². The molecule has 1 amide bonds. The van der Waals surface area contributed by atoms with Crippen molar-refractivity contribution >= 4 is 44.0 Å². The van der Waals surface area contributed by atoms with E-state index in [2.05, 4.69) is 43.3 Å². The van der Waals surface area contributed by atoms with E-state index in [0.29, 0.717) is 61.1 Å². The highest BCUT2D eigenvalue weighted by atomic mass is 32.2. The van der Waals surface area contributed by atoms with Crippen molar-refractivity contribution in [2.75, 3.05) is 49.5 Å². The van der Waals surface area contributed by atoms with E-state index in [0.717, 1.165) is 81.7 Å². The second kappa shape index (κ2) is 18.8. The SMILES string of the molecule is C=C(CCC1=C(CN2CCN(c3ccc(C(=O)NS(=O)(=O)c4ccc(NCC5CCC(C)CC5)c([N+](=O)[O-])c4)c(Oc4cnc5[nH]ccc5c4)c3)CC2)CCC2(CCC2)C1)C(F)F. The van der Waals surface area contributed by atoms with E-state index in [1.54, 1.807) is 24.4 Å². The number of benzene rings is 2. The fourth-order valence-corrected chi connectivity index (χ4v) is 10.7. The minimum atomic E-state index is -4.56. The van der Waals surface area contributed by atoms with Crippen LogP contribution in [0.5, 0.6) is 11.5 Å². The molecule has 1 spiro atoms. The number of aromatic amines is 1. The Hall–Kier alpha value is -5.35. The Labute approximate surface area is 367 Å². The number of H-pyrrole nitrogens is 1. The lowest BCUT2D eigenvalue weighted by molar-refractivity contribution is -0.384. The molecule has 4 aromatic rings. The number of halogens is 2. The highest BCUT2D eigenvalue weighted by Gasteiger charge is 2.40. The van der Waals surface area contributed by atoms with Crippen LogP contribution in [-0.4, -0.2) is 79.8 Å². The van der Waals surface area contributed by atoms with Gasteiger partial charge < -0.3 is 19.9 Å². The number of nitro benzene ring substituents is 1. The number of nitrogens with one attached hydrogen (secondary N) is 3. The molecule has 4 aliphatic rings. The maximum absolute atomic E-state index is 13.9. The monoisotopic (exact) mass is 885 g/mol. The molecule has 16 heteroatoms. The number of fused-ring (bicyclic) bond motifs is 1. The van der Waals surface area contributed by atoms with Gasteiger partial charge >= 0.3 is 0 Å². The topological polar surface area (TPSA) is 163 Å². The molecule has 2 saturated carbocycles. The van der Waals surface area contributed by atoms with Gasteiger partial charge in [-0.05, 0) is 117 Å². The molecule has 336 valence electrons. The van der Waals surface area contributed by atoms with Gasteiger partial charge in [0.2, 0.25) is 0 Å². The quantitative estimate of drug-likeness (QED) is 0.0561. The first-order chi connectivity index (χ1) is 30.2. The first kappa shape index (κ1) is 44.3. The maximum atomic E-state index is 13.9. The smallest absolute Gasteiger partial charge is 0.293 e. The Balaban J connectivity index is 0.978. The molecule has 0 bridgehead atoms. The van der Waals surface area contributed by atoms with E-state index in [1.807, 2.05) is 6.07 Å². The van der Waals surface area contributed by atoms with Crippen LogP contribution in [0, 0.1) is 27.4 Å². The third kappa shape index (κ3) is 10.4. The third-order valence-corrected chi connectivity index (χ3v) is 15.2. The number of carbonyl (C=O) groups is 1. The van der Waals surface area contributed by atoms with E-state index in [1.165, 1.54) is 54.8 Å². The standard InChI is InChI=1S/C47H57F2N7O6S/c1-31-4-7-33(8-5-31)28-51-41-13-11-39(26-42(41)56(58)59)63(60,61)53-46(57)40-12-10-37(25-43(40)62-38-24-34-15-19-50-45(34)52-29-38)55-22-20-54(21-23-55)30-36-14-18-47(16-3-17-47)27-35(36)9-6-32(2)44(48)49/h10-13,15,19,24-26,29,31,33,44,51H,2-9,14,16-18,20-23,27-28,30H2,1H3,(H,50,52)(H,53,57). The first-order valence-electron chi connectivity index (χ1n) is 22.2. The first-order valence-corrected chi connectivity index (χ1v) is 23.7. The Morgan fingerprint density at radius 3 is 2.54 bits per heavy atom. The summed E-state index contributed by atoms with van der Waals surface area (Å²) >= 11 is 0. The Kier molecular flexibility index (Phi) is 13.2. The Morgan fingerprint density at radius 2 is 1.83 bits per heavy atom. The maximum Gasteiger partial charge on any atom is 0.293 e. The lowest BCUT2D eigenvalue weighted by Gasteiger charge is -2.47. The molecular weight excluding hydrogens is 829 g/mol. The summed E-state index contributed by atoms with van der Waals surface area (Å²) in [6.07, 6.45) is 12.8. The molecule has 1 saturated heterocycles. The van der Waals surface area contributed by atoms with E-state index in [9.17, 15) is 32.1 Å². The highest BCUT2D eigenvalue weighted by molar-refractivity contribution is 7.90. The molecule has 2 aromatic carbocycles. The average molecular weight is 886 g/mol. The molecule has 3 N–H and O–H groups in total. The highest BCUT2D eigenvalue weighted by Crippen LogP contribution is 2.54. The molecule has 0 atom stereocenters. The zero-order valence-corrected chi connectivity index (χ0v) is 36.7. The Morgan fingerprint density at radius 1 is 1.05 bits per heavy atom. The minimum Gasteiger partial charge on any atom is -0.455 e. The van der Waals surface area contributed by atoms with Crippen LogP contribution in [0.2, 0.25) is 0 Å². The van der Waals surface area contributed by atoms with Crippen molar-refractivity contribution in [1.82, 2.24) is 19.6 Å². The van der Waals surface area contributed by atoms with E-state index < -0.39 is 37.9 Å². The summed E-state index contributed by atoms with van der Waals surface area (Å²) in [6.45, 7) is 10.1. The molecule has 63 heavy (non-hydrogen) atoms. The zero-order valence-electron chi connectivity index (χ0n) is 35.8. The summed E-state index contributed by atoms with van der Waals surface area (Å²) in [6, 6.07) is 12.2. The molecule has 3 heterocycles. The van der Waals surface area contributed by atoms with Crippen LogP contribution in [0.15, 0.2) is 89.1 Å². The Bertz CT molecular complexity index is 2490. The fourth-order valence-electron chi connectivity index (χ4n) is 9.76. The van der Waals surface area contributed by atoms with Crippen LogP contribution >= 0.6 is 0 Å². The molecule has 0 radical (unpaired) electrons. The normalized spacial score (nSPS) is 20.5. The number of alkyl halides is 2. The van der Waals surface area contributed by atoms with Crippen molar-refractivity contribution < 1.29 is 31.7 Å². The van der Waals surface area contributed by atoms with Gasteiger partial charge in [0.1, 0.15) is 22.8 Å². The molecule has 2 aromatic heterocycles. The number of carbonyl (C=O) groups excluding carboxylic acids is 1. The van der Waals surface area contributed by atoms with Crippen LogP contribution in [0.3, 0.4) is 0 Å². The second-order valence-corrected chi connectivity index (χ2v) is 19.9. The van der Waals surface area contributed by atoms with Crippen LogP contribution in [0.4, 0.5) is 25.8 Å². The van der Waals surface area contributed by atoms with Gasteiger partial charge in [-0.25, -0.2) is 26.9 Å². The van der Waals surface area contributed by atoms with Crippen molar-refractivity contribution in [3.63, 3.8) is 0 Å². The van der Waals surface area contributed by atoms with Crippen LogP contribution < -0.4 is 19.7 Å². The van der Waals surface area contributed by atoms with Crippen molar-refractivity contribution in [3.8, 4) is 11.5 Å². The lowest BCUT2D eigenvalue weighted by Crippen LogP contribution is -2.47. The fraction of sp³-hybridized carbons (Fsp3) is 0.489. The number of amides is 1. The number of anilines is 2. The number of hydrogen-bond donors (Lipinski definition) is 3. The van der Waals surface area contributed by atoms with Crippen LogP contribution in [0.1, 0.15) is 94.3 Å². The number of pyridine rings is 1. The number of hydrogen-bond acceptors (Lipinski definition) is 10. The van der Waals surface area contributed by atoms with Gasteiger partial charge in [0.15, 0.2) is 0 Å². The summed E-state index contributed by atoms with van der Waals surface area (Å²) in [5, 5.41) is 16.1. The van der Waals surface area contributed by atoms with Crippen molar-refractivity contribution in [2.45, 2.75) is 95.3 Å². The van der Waals surface area contributed by atoms with E-state index in [4.69, 9.17) is 4.74 Å². The number of allylic oxidation sites excluding steroid dienone is 2. The number of nitrogens with zero attached hydrogens (tertiary/aromatic N) is 4. The van der Waals surface area contributed by atoms with Gasteiger partial charge in [0, 0.05) is 68.7 Å². The predicted octanol–water partition coefficient (Wildman–Crippen LogP) is 9.99. The van der Waals surface area contributed by atoms with Gasteiger partial charge in [-0.2, -0.15) is 0 Å². The number of nitro groups is 1. The molecule has 0 unspecified atom stereocenters. The molecule has 3 aliphatic carbocycles. The molecule has 8 rings (SSSR count). The zero-order chi connectivity index (χ0) is 44.3. The van der Waals surface area contributed by atoms with Gasteiger partial charge in [0.05, 0.1) is 21.6 Å². The van der Waals surface area contributed by atoms with E-state index >= 15 is 0 Å². The second-order valence-electron chi connectivity index (χ2n) is 18.2. The number of ether oxygens (including phenoxy) is 1. The summed E-state index contributed by atoms with van der Waals surface area (Å²) < 4.78 is 62.5. The molecule has 13 nitrogen and oxygen atoms in total. The molecule has 3 fully saturated rings. The minimum absolute atomic E-state index is 0.00185. The number of rotatable bonds is 16.